The van der Waals surface area contributed by atoms with Gasteiger partial charge in [-0.15, -0.1) is 11.3 Å². The summed E-state index contributed by atoms with van der Waals surface area (Å²) in [5.41, 5.74) is 1.45. The molecule has 1 heterocycles. The van der Waals surface area contributed by atoms with Crippen molar-refractivity contribution in [2.45, 2.75) is 39.3 Å². The Labute approximate surface area is 162 Å². The highest BCUT2D eigenvalue weighted by molar-refractivity contribution is 7.13. The largest absolute Gasteiger partial charge is 0.493 e. The summed E-state index contributed by atoms with van der Waals surface area (Å²) in [6, 6.07) is 5.50. The Hall–Kier alpha value is -2.61. The summed E-state index contributed by atoms with van der Waals surface area (Å²) in [6.45, 7) is 5.24. The quantitative estimate of drug-likeness (QED) is 0.695. The molecule has 2 aromatic rings. The first-order chi connectivity index (χ1) is 12.8. The molecule has 0 radical (unpaired) electrons. The number of carbonyl (C=O) groups is 2. The summed E-state index contributed by atoms with van der Waals surface area (Å²) in [4.78, 5) is 28.4. The number of hydrogen-bond acceptors (Lipinski definition) is 7. The Balaban J connectivity index is 2.01. The number of rotatable bonds is 8. The topological polar surface area (TPSA) is 86.8 Å². The molecule has 0 saturated heterocycles. The fourth-order valence-electron chi connectivity index (χ4n) is 2.33. The molecule has 0 fully saturated rings. The van der Waals surface area contributed by atoms with Crippen molar-refractivity contribution in [1.82, 2.24) is 10.3 Å². The number of nitrogens with one attached hydrogen (secondary N) is 1. The second kappa shape index (κ2) is 9.36. The molecule has 1 amide bonds. The van der Waals surface area contributed by atoms with Gasteiger partial charge in [-0.05, 0) is 39.0 Å². The number of amides is 1. The van der Waals surface area contributed by atoms with Crippen molar-refractivity contribution >= 4 is 23.2 Å². The SMILES string of the molecule is COc1ccc(-c2nc(CC(=O)OC(C)C(=O)NC(C)C)cs2)cc1OC. The smallest absolute Gasteiger partial charge is 0.312 e. The highest BCUT2D eigenvalue weighted by Crippen LogP contribution is 2.33. The van der Waals surface area contributed by atoms with Crippen molar-refractivity contribution in [3.8, 4) is 22.1 Å². The number of carbonyl (C=O) groups excluding carboxylic acids is 2. The van der Waals surface area contributed by atoms with Gasteiger partial charge in [-0.25, -0.2) is 4.98 Å². The standard InChI is InChI=1S/C19H24N2O5S/c1-11(2)20-18(23)12(3)26-17(22)9-14-10-27-19(21-14)13-6-7-15(24-4)16(8-13)25-5/h6-8,10-12H,9H2,1-5H3,(H,20,23). The molecule has 0 aliphatic rings. The molecule has 0 aliphatic carbocycles. The maximum Gasteiger partial charge on any atom is 0.312 e. The third-order valence-corrected chi connectivity index (χ3v) is 4.56. The Morgan fingerprint density at radius 1 is 1.15 bits per heavy atom. The second-order valence-corrected chi connectivity index (χ2v) is 7.04. The molecular formula is C19H24N2O5S. The van der Waals surface area contributed by atoms with Gasteiger partial charge in [-0.2, -0.15) is 0 Å². The number of aromatic nitrogens is 1. The summed E-state index contributed by atoms with van der Waals surface area (Å²) in [5.74, 6) is 0.430. The fourth-order valence-corrected chi connectivity index (χ4v) is 3.15. The van der Waals surface area contributed by atoms with E-state index in [4.69, 9.17) is 14.2 Å². The highest BCUT2D eigenvalue weighted by Gasteiger charge is 2.19. The van der Waals surface area contributed by atoms with Crippen LogP contribution in [0.25, 0.3) is 10.6 Å². The summed E-state index contributed by atoms with van der Waals surface area (Å²) in [7, 11) is 3.15. The summed E-state index contributed by atoms with van der Waals surface area (Å²) >= 11 is 1.42. The molecule has 7 nitrogen and oxygen atoms in total. The summed E-state index contributed by atoms with van der Waals surface area (Å²) < 4.78 is 15.7. The highest BCUT2D eigenvalue weighted by atomic mass is 32.1. The van der Waals surface area contributed by atoms with Gasteiger partial charge in [-0.3, -0.25) is 9.59 Å². The molecule has 1 N–H and O–H groups in total. The fraction of sp³-hybridized carbons (Fsp3) is 0.421. The zero-order valence-electron chi connectivity index (χ0n) is 16.1. The molecular weight excluding hydrogens is 368 g/mol. The lowest BCUT2D eigenvalue weighted by molar-refractivity contribution is -0.154. The molecule has 2 rings (SSSR count). The average molecular weight is 392 g/mol. The lowest BCUT2D eigenvalue weighted by Crippen LogP contribution is -2.39. The first kappa shape index (κ1) is 20.7. The summed E-state index contributed by atoms with van der Waals surface area (Å²) in [6.07, 6.45) is -0.841. The Morgan fingerprint density at radius 2 is 1.85 bits per heavy atom. The van der Waals surface area contributed by atoms with Gasteiger partial charge in [0.15, 0.2) is 17.6 Å². The van der Waals surface area contributed by atoms with Crippen LogP contribution in [0.4, 0.5) is 0 Å². The van der Waals surface area contributed by atoms with Crippen molar-refractivity contribution in [3.05, 3.63) is 29.3 Å². The van der Waals surface area contributed by atoms with Gasteiger partial charge in [0.1, 0.15) is 5.01 Å². The van der Waals surface area contributed by atoms with Crippen LogP contribution >= 0.6 is 11.3 Å². The van der Waals surface area contributed by atoms with E-state index in [-0.39, 0.29) is 18.4 Å². The summed E-state index contributed by atoms with van der Waals surface area (Å²) in [5, 5.41) is 5.26. The number of benzene rings is 1. The van der Waals surface area contributed by atoms with E-state index in [1.165, 1.54) is 11.3 Å². The average Bonchev–Trinajstić information content (AvgIpc) is 3.08. The second-order valence-electron chi connectivity index (χ2n) is 6.19. The third-order valence-electron chi connectivity index (χ3n) is 3.62. The van der Waals surface area contributed by atoms with Crippen LogP contribution in [0.2, 0.25) is 0 Å². The van der Waals surface area contributed by atoms with Crippen molar-refractivity contribution in [2.75, 3.05) is 14.2 Å². The molecule has 0 saturated carbocycles. The van der Waals surface area contributed by atoms with Gasteiger partial charge >= 0.3 is 5.97 Å². The molecule has 1 aromatic carbocycles. The molecule has 0 bridgehead atoms. The number of hydrogen-bond donors (Lipinski definition) is 1. The van der Waals surface area contributed by atoms with Crippen LogP contribution in [0.3, 0.4) is 0 Å². The van der Waals surface area contributed by atoms with Gasteiger partial charge < -0.3 is 19.5 Å². The Kier molecular flexibility index (Phi) is 7.18. The number of ether oxygens (including phenoxy) is 3. The third kappa shape index (κ3) is 5.68. The minimum absolute atomic E-state index is 0.00306. The first-order valence-electron chi connectivity index (χ1n) is 8.50. The normalized spacial score (nSPS) is 11.8. The molecule has 27 heavy (non-hydrogen) atoms. The molecule has 1 aromatic heterocycles. The van der Waals surface area contributed by atoms with Crippen LogP contribution in [0.1, 0.15) is 26.5 Å². The predicted molar refractivity (Wildman–Crippen MR) is 103 cm³/mol. The van der Waals surface area contributed by atoms with Crippen LogP contribution < -0.4 is 14.8 Å². The number of thiazole rings is 1. The molecule has 0 aliphatic heterocycles. The zero-order valence-corrected chi connectivity index (χ0v) is 16.9. The first-order valence-corrected chi connectivity index (χ1v) is 9.38. The van der Waals surface area contributed by atoms with E-state index in [0.29, 0.717) is 17.2 Å². The molecule has 8 heteroatoms. The van der Waals surface area contributed by atoms with E-state index in [1.807, 2.05) is 26.0 Å². The van der Waals surface area contributed by atoms with Crippen LogP contribution in [0, 0.1) is 0 Å². The van der Waals surface area contributed by atoms with E-state index >= 15 is 0 Å². The van der Waals surface area contributed by atoms with Gasteiger partial charge in [0.2, 0.25) is 0 Å². The minimum Gasteiger partial charge on any atom is -0.493 e. The Morgan fingerprint density at radius 3 is 2.48 bits per heavy atom. The van der Waals surface area contributed by atoms with Crippen molar-refractivity contribution < 1.29 is 23.8 Å². The van der Waals surface area contributed by atoms with E-state index < -0.39 is 12.1 Å². The van der Waals surface area contributed by atoms with Crippen LogP contribution in [0.15, 0.2) is 23.6 Å². The van der Waals surface area contributed by atoms with E-state index in [1.54, 1.807) is 32.6 Å². The van der Waals surface area contributed by atoms with Crippen molar-refractivity contribution in [1.29, 1.82) is 0 Å². The molecule has 1 atom stereocenters. The molecule has 0 spiro atoms. The van der Waals surface area contributed by atoms with E-state index in [9.17, 15) is 9.59 Å². The maximum atomic E-state index is 12.1. The predicted octanol–water partition coefficient (Wildman–Crippen LogP) is 2.83. The van der Waals surface area contributed by atoms with Crippen molar-refractivity contribution in [2.24, 2.45) is 0 Å². The van der Waals surface area contributed by atoms with Gasteiger partial charge in [0.05, 0.1) is 26.3 Å². The maximum absolute atomic E-state index is 12.1. The van der Waals surface area contributed by atoms with Gasteiger partial charge in [0, 0.05) is 17.0 Å². The van der Waals surface area contributed by atoms with Crippen molar-refractivity contribution in [3.63, 3.8) is 0 Å². The van der Waals surface area contributed by atoms with E-state index in [2.05, 4.69) is 10.3 Å². The lowest BCUT2D eigenvalue weighted by Gasteiger charge is -2.15. The molecule has 1 unspecified atom stereocenters. The Bertz CT molecular complexity index is 803. The number of nitrogens with zero attached hydrogens (tertiary/aromatic N) is 1. The lowest BCUT2D eigenvalue weighted by atomic mass is 10.2. The van der Waals surface area contributed by atoms with Crippen LogP contribution in [0.5, 0.6) is 11.5 Å². The van der Waals surface area contributed by atoms with Gasteiger partial charge in [0.25, 0.3) is 5.91 Å². The molecule has 146 valence electrons. The van der Waals surface area contributed by atoms with E-state index in [0.717, 1.165) is 10.6 Å². The number of methoxy groups -OCH3 is 2. The van der Waals surface area contributed by atoms with Crippen LogP contribution in [-0.2, 0) is 20.7 Å². The van der Waals surface area contributed by atoms with Gasteiger partial charge in [-0.1, -0.05) is 0 Å². The zero-order chi connectivity index (χ0) is 20.0. The minimum atomic E-state index is -0.844. The monoisotopic (exact) mass is 392 g/mol. The van der Waals surface area contributed by atoms with Crippen LogP contribution in [-0.4, -0.2) is 43.2 Å². The number of esters is 1.